The monoisotopic (exact) mass is 174 g/mol. The first-order valence-corrected chi connectivity index (χ1v) is 4.68. The van der Waals surface area contributed by atoms with E-state index in [1.165, 1.54) is 0 Å². The van der Waals surface area contributed by atoms with E-state index in [0.29, 0.717) is 19.3 Å². The summed E-state index contributed by atoms with van der Waals surface area (Å²) in [6.45, 7) is 0.0545. The minimum absolute atomic E-state index is 0. The zero-order valence-corrected chi connectivity index (χ0v) is 7.43. The van der Waals surface area contributed by atoms with Crippen LogP contribution in [0.2, 0.25) is 0 Å². The molecule has 0 aliphatic heterocycles. The maximum atomic E-state index is 9.98. The maximum absolute atomic E-state index is 9.98. The van der Waals surface area contributed by atoms with E-state index in [4.69, 9.17) is 5.11 Å². The Bertz CT molecular complexity index is 165. The van der Waals surface area contributed by atoms with Gasteiger partial charge in [0.1, 0.15) is 0 Å². The smallest absolute Gasteiger partial charge is 0.748 e. The summed E-state index contributed by atoms with van der Waals surface area (Å²) in [5, 5.41) is 8.27. The van der Waals surface area contributed by atoms with Crippen LogP contribution in [0, 0.1) is 0 Å². The molecule has 0 aliphatic carbocycles. The molecule has 11 heavy (non-hydrogen) atoms. The molecule has 0 saturated heterocycles. The second-order valence-corrected chi connectivity index (χ2v) is 3.57. The first-order valence-electron chi connectivity index (χ1n) is 3.10. The summed E-state index contributed by atoms with van der Waals surface area (Å²) in [7, 11) is -4.04. The summed E-state index contributed by atoms with van der Waals surface area (Å²) in [5.41, 5.74) is 0. The van der Waals surface area contributed by atoms with E-state index in [-0.39, 0.29) is 31.2 Å². The average Bonchev–Trinajstić information content (AvgIpc) is 1.78. The molecule has 0 fully saturated rings. The molecule has 0 radical (unpaired) electrons. The van der Waals surface area contributed by atoms with Crippen LogP contribution in [-0.2, 0) is 10.1 Å². The van der Waals surface area contributed by atoms with Gasteiger partial charge < -0.3 is 9.66 Å². The number of rotatable bonds is 5. The fourth-order valence-electron chi connectivity index (χ4n) is 0.567. The Morgan fingerprint density at radius 1 is 1.18 bits per heavy atom. The Labute approximate surface area is 78.9 Å². The Kier molecular flexibility index (Phi) is 9.09. The predicted molar refractivity (Wildman–Crippen MR) is 35.5 cm³/mol. The third kappa shape index (κ3) is 13.5. The molecule has 0 aromatic rings. The van der Waals surface area contributed by atoms with Gasteiger partial charge in [-0.05, 0) is 12.8 Å². The van der Waals surface area contributed by atoms with Crippen molar-refractivity contribution in [1.82, 2.24) is 0 Å². The molecule has 0 bridgehead atoms. The Morgan fingerprint density at radius 3 is 2.09 bits per heavy atom. The minimum Gasteiger partial charge on any atom is -0.748 e. The molecule has 0 rings (SSSR count). The van der Waals surface area contributed by atoms with Crippen LogP contribution in [0.4, 0.5) is 0 Å². The summed E-state index contributed by atoms with van der Waals surface area (Å²) in [6, 6.07) is 0. The molecule has 1 N–H and O–H groups in total. The fourth-order valence-corrected chi connectivity index (χ4v) is 1.13. The van der Waals surface area contributed by atoms with Crippen molar-refractivity contribution in [3.05, 3.63) is 0 Å². The van der Waals surface area contributed by atoms with Crippen LogP contribution in [0.15, 0.2) is 0 Å². The van der Waals surface area contributed by atoms with Crippen LogP contribution < -0.4 is 18.9 Å². The van der Waals surface area contributed by atoms with E-state index in [1.807, 2.05) is 0 Å². The molecule has 0 aromatic carbocycles. The van der Waals surface area contributed by atoms with E-state index in [1.54, 1.807) is 0 Å². The van der Waals surface area contributed by atoms with Gasteiger partial charge in [0.05, 0.1) is 10.1 Å². The second-order valence-electron chi connectivity index (χ2n) is 2.05. The van der Waals surface area contributed by atoms with E-state index >= 15 is 0 Å². The van der Waals surface area contributed by atoms with Gasteiger partial charge in [0, 0.05) is 12.4 Å². The standard InChI is InChI=1S/C5H12O4S.Li/c6-4-2-1-3-5-10(7,8)9;/h6H,1-5H2,(H,7,8,9);/q;+1/p-1. The van der Waals surface area contributed by atoms with Crippen molar-refractivity contribution >= 4 is 10.1 Å². The normalized spacial score (nSPS) is 10.7. The number of hydrogen-bond acceptors (Lipinski definition) is 4. The zero-order chi connectivity index (χ0) is 8.04. The summed E-state index contributed by atoms with van der Waals surface area (Å²) in [6.07, 6.45) is 1.51. The predicted octanol–water partition coefficient (Wildman–Crippen LogP) is -3.30. The third-order valence-corrected chi connectivity index (χ3v) is 1.84. The van der Waals surface area contributed by atoms with Crippen LogP contribution in [0.25, 0.3) is 0 Å². The van der Waals surface area contributed by atoms with E-state index in [2.05, 4.69) is 0 Å². The Hall–Kier alpha value is 0.467. The first-order chi connectivity index (χ1) is 4.56. The molecule has 6 heteroatoms. The third-order valence-electron chi connectivity index (χ3n) is 1.05. The quantitative estimate of drug-likeness (QED) is 0.269. The topological polar surface area (TPSA) is 77.4 Å². The van der Waals surface area contributed by atoms with Gasteiger partial charge in [0.25, 0.3) is 0 Å². The summed E-state index contributed by atoms with van der Waals surface area (Å²) < 4.78 is 29.9. The molecule has 0 saturated carbocycles. The van der Waals surface area contributed by atoms with Crippen molar-refractivity contribution in [3.63, 3.8) is 0 Å². The SMILES string of the molecule is O=S(=O)([O-])CCCCCO.[Li+]. The van der Waals surface area contributed by atoms with Crippen molar-refractivity contribution < 1.29 is 36.9 Å². The minimum atomic E-state index is -4.04. The van der Waals surface area contributed by atoms with Crippen LogP contribution >= 0.6 is 0 Å². The second kappa shape index (κ2) is 7.13. The van der Waals surface area contributed by atoms with E-state index < -0.39 is 10.1 Å². The van der Waals surface area contributed by atoms with Gasteiger partial charge >= 0.3 is 18.9 Å². The van der Waals surface area contributed by atoms with Crippen LogP contribution in [-0.4, -0.2) is 30.4 Å². The van der Waals surface area contributed by atoms with Crippen LogP contribution in [0.5, 0.6) is 0 Å². The molecule has 0 amide bonds. The number of unbranched alkanes of at least 4 members (excludes halogenated alkanes) is 2. The van der Waals surface area contributed by atoms with Crippen LogP contribution in [0.3, 0.4) is 0 Å². The summed E-state index contributed by atoms with van der Waals surface area (Å²) in [4.78, 5) is 0. The van der Waals surface area contributed by atoms with Gasteiger partial charge in [-0.2, -0.15) is 0 Å². The molecule has 0 atom stereocenters. The average molecular weight is 174 g/mol. The Morgan fingerprint density at radius 2 is 1.73 bits per heavy atom. The van der Waals surface area contributed by atoms with Crippen molar-refractivity contribution in [1.29, 1.82) is 0 Å². The van der Waals surface area contributed by atoms with E-state index in [9.17, 15) is 13.0 Å². The molecule has 4 nitrogen and oxygen atoms in total. The Balaban J connectivity index is 0. The van der Waals surface area contributed by atoms with Gasteiger partial charge in [-0.1, -0.05) is 6.42 Å². The first kappa shape index (κ1) is 14.0. The summed E-state index contributed by atoms with van der Waals surface area (Å²) >= 11 is 0. The number of aliphatic hydroxyl groups is 1. The van der Waals surface area contributed by atoms with Crippen molar-refractivity contribution in [2.75, 3.05) is 12.4 Å². The van der Waals surface area contributed by atoms with Gasteiger partial charge in [0.2, 0.25) is 0 Å². The number of aliphatic hydroxyl groups excluding tert-OH is 1. The fraction of sp³-hybridized carbons (Fsp3) is 1.00. The largest absolute Gasteiger partial charge is 1.00 e. The molecule has 0 aliphatic rings. The molecule has 0 heterocycles. The van der Waals surface area contributed by atoms with Crippen molar-refractivity contribution in [2.24, 2.45) is 0 Å². The molecule has 62 valence electrons. The molecular formula is C5H11LiO4S. The zero-order valence-electron chi connectivity index (χ0n) is 6.62. The number of hydrogen-bond donors (Lipinski definition) is 1. The van der Waals surface area contributed by atoms with Gasteiger partial charge in [0.15, 0.2) is 0 Å². The van der Waals surface area contributed by atoms with Gasteiger partial charge in [-0.25, -0.2) is 8.42 Å². The van der Waals surface area contributed by atoms with E-state index in [0.717, 1.165) is 0 Å². The van der Waals surface area contributed by atoms with Crippen LogP contribution in [0.1, 0.15) is 19.3 Å². The van der Waals surface area contributed by atoms with Crippen molar-refractivity contribution in [3.8, 4) is 0 Å². The molecule has 0 aromatic heterocycles. The molecule has 0 unspecified atom stereocenters. The van der Waals surface area contributed by atoms with Crippen molar-refractivity contribution in [2.45, 2.75) is 19.3 Å². The maximum Gasteiger partial charge on any atom is 1.00 e. The van der Waals surface area contributed by atoms with Gasteiger partial charge in [-0.15, -0.1) is 0 Å². The molecular weight excluding hydrogens is 163 g/mol. The van der Waals surface area contributed by atoms with Gasteiger partial charge in [-0.3, -0.25) is 0 Å². The summed E-state index contributed by atoms with van der Waals surface area (Å²) in [5.74, 6) is -0.312. The molecule has 0 spiro atoms.